The molecule has 1 atom stereocenters. The molecule has 1 aromatic carbocycles. The number of benzene rings is 1. The first-order valence-electron chi connectivity index (χ1n) is 8.17. The van der Waals surface area contributed by atoms with E-state index in [1.807, 2.05) is 37.3 Å². The maximum absolute atomic E-state index is 12.2. The van der Waals surface area contributed by atoms with Crippen LogP contribution in [0, 0.1) is 0 Å². The highest BCUT2D eigenvalue weighted by Gasteiger charge is 2.20. The standard InChI is InChI=1S/C18H22ClN3O2/c1-14(17-6-3-11-24-17)20-18(23)13-21-7-9-22(10-8-21)16-5-2-4-15(19)12-16/h2-6,11-12,14H,7-10,13H2,1H3,(H,20,23)/t14-/m0/s1. The topological polar surface area (TPSA) is 48.7 Å². The third-order valence-corrected chi connectivity index (χ3v) is 4.50. The molecule has 0 saturated carbocycles. The Morgan fingerprint density at radius 3 is 2.71 bits per heavy atom. The number of nitrogens with one attached hydrogen (secondary N) is 1. The first-order chi connectivity index (χ1) is 11.6. The van der Waals surface area contributed by atoms with Gasteiger partial charge in [0.15, 0.2) is 0 Å². The van der Waals surface area contributed by atoms with E-state index in [0.29, 0.717) is 6.54 Å². The Balaban J connectivity index is 1.46. The molecule has 0 radical (unpaired) electrons. The first kappa shape index (κ1) is 16.9. The number of furan rings is 1. The fraction of sp³-hybridized carbons (Fsp3) is 0.389. The van der Waals surface area contributed by atoms with Gasteiger partial charge in [-0.3, -0.25) is 9.69 Å². The van der Waals surface area contributed by atoms with Crippen LogP contribution >= 0.6 is 11.6 Å². The van der Waals surface area contributed by atoms with Crippen LogP contribution in [0.3, 0.4) is 0 Å². The molecule has 24 heavy (non-hydrogen) atoms. The Kier molecular flexibility index (Phi) is 5.43. The van der Waals surface area contributed by atoms with Gasteiger partial charge in [-0.2, -0.15) is 0 Å². The van der Waals surface area contributed by atoms with Gasteiger partial charge in [0.25, 0.3) is 0 Å². The Hall–Kier alpha value is -1.98. The molecule has 5 nitrogen and oxygen atoms in total. The van der Waals surface area contributed by atoms with Crippen LogP contribution in [0.2, 0.25) is 5.02 Å². The van der Waals surface area contributed by atoms with Crippen LogP contribution in [0.5, 0.6) is 0 Å². The summed E-state index contributed by atoms with van der Waals surface area (Å²) in [6.45, 7) is 5.83. The molecule has 0 unspecified atom stereocenters. The summed E-state index contributed by atoms with van der Waals surface area (Å²) in [6.07, 6.45) is 1.62. The van der Waals surface area contributed by atoms with E-state index in [9.17, 15) is 4.79 Å². The molecule has 1 aliphatic rings. The first-order valence-corrected chi connectivity index (χ1v) is 8.55. The quantitative estimate of drug-likeness (QED) is 0.903. The summed E-state index contributed by atoms with van der Waals surface area (Å²) in [6, 6.07) is 11.5. The van der Waals surface area contributed by atoms with Crippen molar-refractivity contribution in [2.45, 2.75) is 13.0 Å². The molecule has 128 valence electrons. The van der Waals surface area contributed by atoms with Crippen molar-refractivity contribution in [2.75, 3.05) is 37.6 Å². The van der Waals surface area contributed by atoms with Crippen molar-refractivity contribution in [2.24, 2.45) is 0 Å². The number of rotatable bonds is 5. The van der Waals surface area contributed by atoms with Crippen LogP contribution in [0.25, 0.3) is 0 Å². The fourth-order valence-corrected chi connectivity index (χ4v) is 3.12. The van der Waals surface area contributed by atoms with Gasteiger partial charge < -0.3 is 14.6 Å². The van der Waals surface area contributed by atoms with Crippen molar-refractivity contribution in [3.05, 3.63) is 53.4 Å². The summed E-state index contributed by atoms with van der Waals surface area (Å²) >= 11 is 6.05. The second-order valence-corrected chi connectivity index (χ2v) is 6.48. The van der Waals surface area contributed by atoms with Gasteiger partial charge in [-0.05, 0) is 37.3 Å². The van der Waals surface area contributed by atoms with E-state index in [0.717, 1.165) is 42.6 Å². The van der Waals surface area contributed by atoms with Crippen LogP contribution in [0.15, 0.2) is 47.1 Å². The van der Waals surface area contributed by atoms with Gasteiger partial charge in [-0.15, -0.1) is 0 Å². The molecule has 1 saturated heterocycles. The summed E-state index contributed by atoms with van der Waals surface area (Å²) in [5.74, 6) is 0.796. The van der Waals surface area contributed by atoms with Crippen LogP contribution in [-0.4, -0.2) is 43.5 Å². The maximum Gasteiger partial charge on any atom is 0.234 e. The van der Waals surface area contributed by atoms with E-state index >= 15 is 0 Å². The van der Waals surface area contributed by atoms with E-state index in [-0.39, 0.29) is 11.9 Å². The highest BCUT2D eigenvalue weighted by atomic mass is 35.5. The van der Waals surface area contributed by atoms with Crippen molar-refractivity contribution in [3.8, 4) is 0 Å². The second kappa shape index (κ2) is 7.73. The predicted molar refractivity (Wildman–Crippen MR) is 95.4 cm³/mol. The second-order valence-electron chi connectivity index (χ2n) is 6.05. The van der Waals surface area contributed by atoms with Gasteiger partial charge in [-0.1, -0.05) is 17.7 Å². The lowest BCUT2D eigenvalue weighted by Crippen LogP contribution is -2.49. The average molecular weight is 348 g/mol. The Bertz CT molecular complexity index is 667. The monoisotopic (exact) mass is 347 g/mol. The minimum absolute atomic E-state index is 0.0232. The molecule has 1 amide bonds. The molecular weight excluding hydrogens is 326 g/mol. The van der Waals surface area contributed by atoms with Gasteiger partial charge in [0.05, 0.1) is 18.8 Å². The molecule has 1 fully saturated rings. The Morgan fingerprint density at radius 1 is 1.25 bits per heavy atom. The van der Waals surface area contributed by atoms with Crippen LogP contribution in [-0.2, 0) is 4.79 Å². The van der Waals surface area contributed by atoms with Gasteiger partial charge >= 0.3 is 0 Å². The van der Waals surface area contributed by atoms with Crippen molar-refractivity contribution in [1.82, 2.24) is 10.2 Å². The number of nitrogens with zero attached hydrogens (tertiary/aromatic N) is 2. The molecular formula is C18H22ClN3O2. The third-order valence-electron chi connectivity index (χ3n) is 4.26. The lowest BCUT2D eigenvalue weighted by molar-refractivity contribution is -0.123. The van der Waals surface area contributed by atoms with E-state index in [1.54, 1.807) is 6.26 Å². The summed E-state index contributed by atoms with van der Waals surface area (Å²) in [4.78, 5) is 16.7. The smallest absolute Gasteiger partial charge is 0.234 e. The van der Waals surface area contributed by atoms with E-state index in [2.05, 4.69) is 21.2 Å². The van der Waals surface area contributed by atoms with Crippen molar-refractivity contribution in [3.63, 3.8) is 0 Å². The summed E-state index contributed by atoms with van der Waals surface area (Å²) < 4.78 is 5.31. The lowest BCUT2D eigenvalue weighted by Gasteiger charge is -2.35. The molecule has 1 aliphatic heterocycles. The highest BCUT2D eigenvalue weighted by molar-refractivity contribution is 6.30. The van der Waals surface area contributed by atoms with Crippen LogP contribution in [0.1, 0.15) is 18.7 Å². The SMILES string of the molecule is C[C@H](NC(=O)CN1CCN(c2cccc(Cl)c2)CC1)c1ccco1. The molecule has 6 heteroatoms. The minimum Gasteiger partial charge on any atom is -0.467 e. The normalized spacial score (nSPS) is 16.8. The molecule has 0 bridgehead atoms. The van der Waals surface area contributed by atoms with Crippen molar-refractivity contribution in [1.29, 1.82) is 0 Å². The summed E-state index contributed by atoms with van der Waals surface area (Å²) in [5, 5.41) is 3.73. The largest absolute Gasteiger partial charge is 0.467 e. The number of carbonyl (C=O) groups is 1. The van der Waals surface area contributed by atoms with Gasteiger partial charge in [-0.25, -0.2) is 0 Å². The number of amides is 1. The number of piperazine rings is 1. The Morgan fingerprint density at radius 2 is 2.04 bits per heavy atom. The molecule has 1 aromatic heterocycles. The molecule has 0 aliphatic carbocycles. The molecule has 1 N–H and O–H groups in total. The molecule has 2 aromatic rings. The average Bonchev–Trinajstić information content (AvgIpc) is 3.10. The number of hydrogen-bond acceptors (Lipinski definition) is 4. The zero-order valence-corrected chi connectivity index (χ0v) is 14.5. The molecule has 2 heterocycles. The minimum atomic E-state index is -0.111. The number of carbonyl (C=O) groups excluding carboxylic acids is 1. The summed E-state index contributed by atoms with van der Waals surface area (Å²) in [7, 11) is 0. The molecule has 3 rings (SSSR count). The van der Waals surface area contributed by atoms with Crippen molar-refractivity contribution >= 4 is 23.2 Å². The zero-order valence-electron chi connectivity index (χ0n) is 13.7. The van der Waals surface area contributed by atoms with Gasteiger partial charge in [0, 0.05) is 36.9 Å². The fourth-order valence-electron chi connectivity index (χ4n) is 2.94. The maximum atomic E-state index is 12.2. The number of anilines is 1. The zero-order chi connectivity index (χ0) is 16.9. The third kappa shape index (κ3) is 4.30. The van der Waals surface area contributed by atoms with Crippen LogP contribution in [0.4, 0.5) is 5.69 Å². The highest BCUT2D eigenvalue weighted by Crippen LogP contribution is 2.20. The van der Waals surface area contributed by atoms with Gasteiger partial charge in [0.2, 0.25) is 5.91 Å². The predicted octanol–water partition coefficient (Wildman–Crippen LogP) is 2.93. The number of hydrogen-bond donors (Lipinski definition) is 1. The van der Waals surface area contributed by atoms with Crippen molar-refractivity contribution < 1.29 is 9.21 Å². The van der Waals surface area contributed by atoms with E-state index in [4.69, 9.17) is 16.0 Å². The van der Waals surface area contributed by atoms with E-state index in [1.165, 1.54) is 0 Å². The van der Waals surface area contributed by atoms with Gasteiger partial charge in [0.1, 0.15) is 5.76 Å². The van der Waals surface area contributed by atoms with E-state index < -0.39 is 0 Å². The lowest BCUT2D eigenvalue weighted by atomic mass is 10.2. The number of halogens is 1. The molecule has 0 spiro atoms. The summed E-state index contributed by atoms with van der Waals surface area (Å²) in [5.41, 5.74) is 1.14. The van der Waals surface area contributed by atoms with Crippen LogP contribution < -0.4 is 10.2 Å². The Labute approximate surface area is 147 Å².